The first-order chi connectivity index (χ1) is 10.6. The van der Waals surface area contributed by atoms with E-state index in [1.807, 2.05) is 37.4 Å². The molecule has 1 amide bonds. The summed E-state index contributed by atoms with van der Waals surface area (Å²) in [7, 11) is 0. The number of hydrogen-bond acceptors (Lipinski definition) is 5. The lowest BCUT2D eigenvalue weighted by Gasteiger charge is -2.17. The van der Waals surface area contributed by atoms with Crippen LogP contribution in [-0.4, -0.2) is 33.6 Å². The standard InChI is InChI=1S/C16H21N3O2S/c1-3-11(2)14(20)9-18-15(21)8-12-10-22-16(19-12)13-6-4-5-7-17-13/h4-7,10-11,14,20H,3,8-9H2,1-2H3,(H,18,21). The minimum absolute atomic E-state index is 0.125. The van der Waals surface area contributed by atoms with Crippen LogP contribution < -0.4 is 5.32 Å². The SMILES string of the molecule is CCC(C)C(O)CNC(=O)Cc1csc(-c2ccccn2)n1. The van der Waals surface area contributed by atoms with Crippen molar-refractivity contribution in [2.24, 2.45) is 5.92 Å². The van der Waals surface area contributed by atoms with E-state index >= 15 is 0 Å². The second-order valence-electron chi connectivity index (χ2n) is 5.29. The highest BCUT2D eigenvalue weighted by atomic mass is 32.1. The monoisotopic (exact) mass is 319 g/mol. The first-order valence-corrected chi connectivity index (χ1v) is 8.28. The first-order valence-electron chi connectivity index (χ1n) is 7.40. The molecule has 2 unspecified atom stereocenters. The molecule has 2 aromatic heterocycles. The average molecular weight is 319 g/mol. The molecule has 0 bridgehead atoms. The quantitative estimate of drug-likeness (QED) is 0.821. The van der Waals surface area contributed by atoms with Crippen LogP contribution in [-0.2, 0) is 11.2 Å². The average Bonchev–Trinajstić information content (AvgIpc) is 3.01. The normalized spacial score (nSPS) is 13.6. The number of aliphatic hydroxyl groups is 1. The van der Waals surface area contributed by atoms with E-state index in [1.54, 1.807) is 6.20 Å². The number of aliphatic hydroxyl groups excluding tert-OH is 1. The summed E-state index contributed by atoms with van der Waals surface area (Å²) in [6.45, 7) is 4.27. The van der Waals surface area contributed by atoms with Crippen molar-refractivity contribution in [1.82, 2.24) is 15.3 Å². The van der Waals surface area contributed by atoms with Gasteiger partial charge in [0.25, 0.3) is 0 Å². The van der Waals surface area contributed by atoms with Gasteiger partial charge in [-0.25, -0.2) is 4.98 Å². The minimum atomic E-state index is -0.506. The lowest BCUT2D eigenvalue weighted by Crippen LogP contribution is -2.36. The van der Waals surface area contributed by atoms with Crippen LogP contribution in [0.3, 0.4) is 0 Å². The van der Waals surface area contributed by atoms with Crippen molar-refractivity contribution >= 4 is 17.2 Å². The van der Waals surface area contributed by atoms with Crippen LogP contribution in [0.1, 0.15) is 26.0 Å². The van der Waals surface area contributed by atoms with Gasteiger partial charge < -0.3 is 10.4 Å². The third-order valence-corrected chi connectivity index (χ3v) is 4.50. The Bertz CT molecular complexity index is 600. The molecule has 0 aliphatic rings. The number of carbonyl (C=O) groups excluding carboxylic acids is 1. The van der Waals surface area contributed by atoms with Crippen molar-refractivity contribution in [2.45, 2.75) is 32.8 Å². The molecule has 0 aromatic carbocycles. The topological polar surface area (TPSA) is 75.1 Å². The van der Waals surface area contributed by atoms with Gasteiger partial charge in [0, 0.05) is 18.1 Å². The van der Waals surface area contributed by atoms with Crippen LogP contribution >= 0.6 is 11.3 Å². The van der Waals surface area contributed by atoms with E-state index in [0.29, 0.717) is 0 Å². The number of hydrogen-bond donors (Lipinski definition) is 2. The van der Waals surface area contributed by atoms with Crippen molar-refractivity contribution < 1.29 is 9.90 Å². The molecule has 0 fully saturated rings. The third-order valence-electron chi connectivity index (χ3n) is 3.59. The zero-order chi connectivity index (χ0) is 15.9. The highest BCUT2D eigenvalue weighted by molar-refractivity contribution is 7.13. The number of thiazole rings is 1. The zero-order valence-corrected chi connectivity index (χ0v) is 13.6. The maximum atomic E-state index is 11.9. The molecule has 2 heterocycles. The van der Waals surface area contributed by atoms with Crippen LogP contribution in [0.25, 0.3) is 10.7 Å². The van der Waals surface area contributed by atoms with Gasteiger partial charge in [0.2, 0.25) is 5.91 Å². The lowest BCUT2D eigenvalue weighted by atomic mass is 10.0. The molecule has 0 spiro atoms. The number of aromatic nitrogens is 2. The van der Waals surface area contributed by atoms with E-state index in [4.69, 9.17) is 0 Å². The van der Waals surface area contributed by atoms with Gasteiger partial charge in [0.05, 0.1) is 23.9 Å². The van der Waals surface area contributed by atoms with E-state index in [1.165, 1.54) is 11.3 Å². The Labute approximate surface area is 134 Å². The zero-order valence-electron chi connectivity index (χ0n) is 12.8. The summed E-state index contributed by atoms with van der Waals surface area (Å²) in [5, 5.41) is 15.3. The van der Waals surface area contributed by atoms with E-state index < -0.39 is 6.10 Å². The Morgan fingerprint density at radius 1 is 1.45 bits per heavy atom. The molecule has 2 rings (SSSR count). The molecule has 0 saturated carbocycles. The van der Waals surface area contributed by atoms with Crippen molar-refractivity contribution in [3.8, 4) is 10.7 Å². The second-order valence-corrected chi connectivity index (χ2v) is 6.15. The molecule has 2 N–H and O–H groups in total. The van der Waals surface area contributed by atoms with Crippen LogP contribution in [0.4, 0.5) is 0 Å². The molecule has 2 aromatic rings. The Morgan fingerprint density at radius 2 is 2.27 bits per heavy atom. The molecule has 6 heteroatoms. The van der Waals surface area contributed by atoms with E-state index in [-0.39, 0.29) is 24.8 Å². The predicted molar refractivity (Wildman–Crippen MR) is 87.5 cm³/mol. The number of nitrogens with zero attached hydrogens (tertiary/aromatic N) is 2. The Hall–Kier alpha value is -1.79. The number of amides is 1. The van der Waals surface area contributed by atoms with Crippen LogP contribution in [0.5, 0.6) is 0 Å². The fourth-order valence-electron chi connectivity index (χ4n) is 1.91. The number of pyridine rings is 1. The summed E-state index contributed by atoms with van der Waals surface area (Å²) in [5.74, 6) is 0.0514. The predicted octanol–water partition coefficient (Wildman–Crippen LogP) is 2.27. The first kappa shape index (κ1) is 16.6. The van der Waals surface area contributed by atoms with Crippen molar-refractivity contribution in [2.75, 3.05) is 6.54 Å². The van der Waals surface area contributed by atoms with Crippen LogP contribution in [0.2, 0.25) is 0 Å². The van der Waals surface area contributed by atoms with Crippen molar-refractivity contribution in [3.63, 3.8) is 0 Å². The molecule has 0 radical (unpaired) electrons. The summed E-state index contributed by atoms with van der Waals surface area (Å²) >= 11 is 1.47. The fraction of sp³-hybridized carbons (Fsp3) is 0.438. The number of carbonyl (C=O) groups is 1. The Kier molecular flexibility index (Phi) is 6.03. The number of rotatable bonds is 7. The summed E-state index contributed by atoms with van der Waals surface area (Å²) in [5.41, 5.74) is 1.53. The van der Waals surface area contributed by atoms with Crippen molar-refractivity contribution in [1.29, 1.82) is 0 Å². The van der Waals surface area contributed by atoms with Gasteiger partial charge in [-0.05, 0) is 18.1 Å². The minimum Gasteiger partial charge on any atom is -0.391 e. The summed E-state index contributed by atoms with van der Waals surface area (Å²) < 4.78 is 0. The maximum Gasteiger partial charge on any atom is 0.226 e. The molecule has 0 saturated heterocycles. The molecule has 118 valence electrons. The highest BCUT2D eigenvalue weighted by Gasteiger charge is 2.14. The summed E-state index contributed by atoms with van der Waals surface area (Å²) in [6.07, 6.45) is 2.32. The van der Waals surface area contributed by atoms with Crippen LogP contribution in [0, 0.1) is 5.92 Å². The van der Waals surface area contributed by atoms with Crippen LogP contribution in [0.15, 0.2) is 29.8 Å². The van der Waals surface area contributed by atoms with Crippen molar-refractivity contribution in [3.05, 3.63) is 35.5 Å². The summed E-state index contributed by atoms with van der Waals surface area (Å²) in [4.78, 5) is 20.6. The smallest absolute Gasteiger partial charge is 0.226 e. The molecule has 0 aliphatic carbocycles. The van der Waals surface area contributed by atoms with Gasteiger partial charge in [-0.2, -0.15) is 0 Å². The van der Waals surface area contributed by atoms with Gasteiger partial charge in [-0.15, -0.1) is 11.3 Å². The molecule has 2 atom stereocenters. The highest BCUT2D eigenvalue weighted by Crippen LogP contribution is 2.21. The molecular weight excluding hydrogens is 298 g/mol. The second kappa shape index (κ2) is 8.00. The summed E-state index contributed by atoms with van der Waals surface area (Å²) in [6, 6.07) is 5.66. The van der Waals surface area contributed by atoms with Gasteiger partial charge in [0.15, 0.2) is 0 Å². The van der Waals surface area contributed by atoms with Gasteiger partial charge in [0.1, 0.15) is 5.01 Å². The molecule has 0 aliphatic heterocycles. The Morgan fingerprint density at radius 3 is 2.95 bits per heavy atom. The van der Waals surface area contributed by atoms with Gasteiger partial charge in [-0.3, -0.25) is 9.78 Å². The van der Waals surface area contributed by atoms with E-state index in [0.717, 1.165) is 22.8 Å². The maximum absolute atomic E-state index is 11.9. The molecule has 22 heavy (non-hydrogen) atoms. The van der Waals surface area contributed by atoms with E-state index in [2.05, 4.69) is 15.3 Å². The fourth-order valence-corrected chi connectivity index (χ4v) is 2.71. The third kappa shape index (κ3) is 4.61. The number of nitrogens with one attached hydrogen (secondary N) is 1. The largest absolute Gasteiger partial charge is 0.391 e. The molecule has 5 nitrogen and oxygen atoms in total. The molecular formula is C16H21N3O2S. The van der Waals surface area contributed by atoms with E-state index in [9.17, 15) is 9.90 Å². The van der Waals surface area contributed by atoms with Gasteiger partial charge >= 0.3 is 0 Å². The van der Waals surface area contributed by atoms with Gasteiger partial charge in [-0.1, -0.05) is 26.3 Å². The lowest BCUT2D eigenvalue weighted by molar-refractivity contribution is -0.121. The Balaban J connectivity index is 1.86.